The van der Waals surface area contributed by atoms with Crippen molar-refractivity contribution >= 4 is 11.7 Å². The van der Waals surface area contributed by atoms with E-state index in [0.717, 1.165) is 18.4 Å². The molecule has 0 bridgehead atoms. The summed E-state index contributed by atoms with van der Waals surface area (Å²) < 4.78 is 5.54. The Balaban J connectivity index is 1.85. The van der Waals surface area contributed by atoms with Crippen molar-refractivity contribution in [2.24, 2.45) is 0 Å². The van der Waals surface area contributed by atoms with Gasteiger partial charge in [0.05, 0.1) is 6.54 Å². The van der Waals surface area contributed by atoms with Crippen LogP contribution in [-0.2, 0) is 16.1 Å². The summed E-state index contributed by atoms with van der Waals surface area (Å²) in [6.07, 6.45) is 3.10. The summed E-state index contributed by atoms with van der Waals surface area (Å²) in [4.78, 5) is 18.7. The third kappa shape index (κ3) is 3.28. The molecule has 2 heterocycles. The summed E-state index contributed by atoms with van der Waals surface area (Å²) in [5.41, 5.74) is 1.08. The monoisotopic (exact) mass is 282 g/mol. The first-order valence-electron chi connectivity index (χ1n) is 7.22. The number of ether oxygens (including phenoxy) is 1. The standard InChI is InChI=1S/C17H18N2O2/c20-17(15-9-6-12-21-15)19(16-10-4-5-11-18-16)13-14-7-2-1-3-8-14/h1-5,7-8,10-11,15H,6,9,12-13H2. The number of anilines is 1. The van der Waals surface area contributed by atoms with E-state index in [1.807, 2.05) is 48.5 Å². The maximum Gasteiger partial charge on any atom is 0.257 e. The number of carbonyl (C=O) groups excluding carboxylic acids is 1. The number of pyridine rings is 1. The molecular weight excluding hydrogens is 264 g/mol. The molecule has 0 aliphatic carbocycles. The van der Waals surface area contributed by atoms with Crippen molar-refractivity contribution in [2.75, 3.05) is 11.5 Å². The van der Waals surface area contributed by atoms with Crippen molar-refractivity contribution < 1.29 is 9.53 Å². The average molecular weight is 282 g/mol. The molecule has 108 valence electrons. The quantitative estimate of drug-likeness (QED) is 0.866. The van der Waals surface area contributed by atoms with E-state index < -0.39 is 0 Å². The highest BCUT2D eigenvalue weighted by molar-refractivity contribution is 5.95. The van der Waals surface area contributed by atoms with Gasteiger partial charge in [0.15, 0.2) is 0 Å². The Morgan fingerprint density at radius 1 is 1.19 bits per heavy atom. The van der Waals surface area contributed by atoms with E-state index in [-0.39, 0.29) is 12.0 Å². The second kappa shape index (κ2) is 6.50. The van der Waals surface area contributed by atoms with Crippen LogP contribution in [0.3, 0.4) is 0 Å². The van der Waals surface area contributed by atoms with Gasteiger partial charge in [0.1, 0.15) is 11.9 Å². The fraction of sp³-hybridized carbons (Fsp3) is 0.294. The van der Waals surface area contributed by atoms with Crippen LogP contribution in [0, 0.1) is 0 Å². The van der Waals surface area contributed by atoms with Gasteiger partial charge < -0.3 is 4.74 Å². The van der Waals surface area contributed by atoms with E-state index in [1.54, 1.807) is 11.1 Å². The number of nitrogens with zero attached hydrogens (tertiary/aromatic N) is 2. The van der Waals surface area contributed by atoms with Crippen LogP contribution in [0.15, 0.2) is 54.7 Å². The summed E-state index contributed by atoms with van der Waals surface area (Å²) in [7, 11) is 0. The molecular formula is C17H18N2O2. The second-order valence-electron chi connectivity index (χ2n) is 5.10. The molecule has 3 rings (SSSR count). The van der Waals surface area contributed by atoms with Crippen molar-refractivity contribution in [1.29, 1.82) is 0 Å². The number of rotatable bonds is 4. The lowest BCUT2D eigenvalue weighted by Gasteiger charge is -2.24. The number of aromatic nitrogens is 1. The largest absolute Gasteiger partial charge is 0.368 e. The van der Waals surface area contributed by atoms with E-state index in [4.69, 9.17) is 4.74 Å². The molecule has 1 aromatic carbocycles. The van der Waals surface area contributed by atoms with Gasteiger partial charge in [-0.15, -0.1) is 0 Å². The molecule has 2 aromatic rings. The highest BCUT2D eigenvalue weighted by Crippen LogP contribution is 2.20. The normalized spacial score (nSPS) is 17.6. The van der Waals surface area contributed by atoms with E-state index in [0.29, 0.717) is 19.0 Å². The van der Waals surface area contributed by atoms with Gasteiger partial charge in [-0.1, -0.05) is 36.4 Å². The molecule has 1 unspecified atom stereocenters. The first-order chi connectivity index (χ1) is 10.3. The van der Waals surface area contributed by atoms with Gasteiger partial charge in [-0.3, -0.25) is 9.69 Å². The number of carbonyl (C=O) groups is 1. The lowest BCUT2D eigenvalue weighted by atomic mass is 10.1. The highest BCUT2D eigenvalue weighted by atomic mass is 16.5. The molecule has 1 aromatic heterocycles. The van der Waals surface area contributed by atoms with Gasteiger partial charge in [-0.2, -0.15) is 0 Å². The molecule has 0 saturated carbocycles. The molecule has 0 spiro atoms. The van der Waals surface area contributed by atoms with Crippen LogP contribution in [0.25, 0.3) is 0 Å². The van der Waals surface area contributed by atoms with Gasteiger partial charge >= 0.3 is 0 Å². The Bertz CT molecular complexity index is 580. The summed E-state index contributed by atoms with van der Waals surface area (Å²) in [5.74, 6) is 0.664. The van der Waals surface area contributed by atoms with Gasteiger partial charge in [0.2, 0.25) is 0 Å². The maximum atomic E-state index is 12.7. The van der Waals surface area contributed by atoms with Crippen LogP contribution in [0.5, 0.6) is 0 Å². The Morgan fingerprint density at radius 3 is 2.67 bits per heavy atom. The van der Waals surface area contributed by atoms with Gasteiger partial charge in [-0.25, -0.2) is 4.98 Å². The van der Waals surface area contributed by atoms with E-state index in [1.165, 1.54) is 0 Å². The summed E-state index contributed by atoms with van der Waals surface area (Å²) >= 11 is 0. The average Bonchev–Trinajstić information content (AvgIpc) is 3.08. The Hall–Kier alpha value is -2.20. The Labute approximate surface area is 124 Å². The summed E-state index contributed by atoms with van der Waals surface area (Å²) in [6.45, 7) is 1.17. The lowest BCUT2D eigenvalue weighted by molar-refractivity contribution is -0.127. The zero-order valence-electron chi connectivity index (χ0n) is 11.8. The van der Waals surface area contributed by atoms with E-state index in [9.17, 15) is 4.79 Å². The molecule has 21 heavy (non-hydrogen) atoms. The van der Waals surface area contributed by atoms with Crippen LogP contribution < -0.4 is 4.90 Å². The molecule has 1 amide bonds. The third-order valence-corrected chi connectivity index (χ3v) is 3.58. The lowest BCUT2D eigenvalue weighted by Crippen LogP contribution is -2.39. The minimum absolute atomic E-state index is 0.00458. The van der Waals surface area contributed by atoms with E-state index in [2.05, 4.69) is 4.98 Å². The summed E-state index contributed by atoms with van der Waals surface area (Å²) in [5, 5.41) is 0. The van der Waals surface area contributed by atoms with Crippen molar-refractivity contribution in [3.8, 4) is 0 Å². The zero-order valence-corrected chi connectivity index (χ0v) is 11.8. The first-order valence-corrected chi connectivity index (χ1v) is 7.22. The SMILES string of the molecule is O=C(C1CCCO1)N(Cc1ccccc1)c1ccccn1. The molecule has 0 N–H and O–H groups in total. The van der Waals surface area contributed by atoms with Crippen molar-refractivity contribution in [2.45, 2.75) is 25.5 Å². The number of benzene rings is 1. The Morgan fingerprint density at radius 2 is 2.00 bits per heavy atom. The molecule has 0 radical (unpaired) electrons. The second-order valence-corrected chi connectivity index (χ2v) is 5.10. The van der Waals surface area contributed by atoms with Gasteiger partial charge in [0, 0.05) is 12.8 Å². The molecule has 4 heteroatoms. The molecule has 1 aliphatic heterocycles. The van der Waals surface area contributed by atoms with Gasteiger partial charge in [0.25, 0.3) is 5.91 Å². The minimum atomic E-state index is -0.337. The zero-order chi connectivity index (χ0) is 14.5. The number of hydrogen-bond acceptors (Lipinski definition) is 3. The van der Waals surface area contributed by atoms with Crippen LogP contribution in [0.1, 0.15) is 18.4 Å². The van der Waals surface area contributed by atoms with Crippen LogP contribution >= 0.6 is 0 Å². The van der Waals surface area contributed by atoms with E-state index >= 15 is 0 Å². The first kappa shape index (κ1) is 13.8. The third-order valence-electron chi connectivity index (χ3n) is 3.58. The van der Waals surface area contributed by atoms with Crippen molar-refractivity contribution in [1.82, 2.24) is 4.98 Å². The van der Waals surface area contributed by atoms with Crippen LogP contribution in [0.2, 0.25) is 0 Å². The highest BCUT2D eigenvalue weighted by Gasteiger charge is 2.29. The fourth-order valence-electron chi connectivity index (χ4n) is 2.50. The van der Waals surface area contributed by atoms with Crippen molar-refractivity contribution in [3.63, 3.8) is 0 Å². The summed E-state index contributed by atoms with van der Waals surface area (Å²) in [6, 6.07) is 15.5. The molecule has 4 nitrogen and oxygen atoms in total. The molecule has 1 atom stereocenters. The number of amides is 1. The minimum Gasteiger partial charge on any atom is -0.368 e. The smallest absolute Gasteiger partial charge is 0.257 e. The molecule has 1 saturated heterocycles. The van der Waals surface area contributed by atoms with Crippen LogP contribution in [-0.4, -0.2) is 23.6 Å². The molecule has 1 fully saturated rings. The topological polar surface area (TPSA) is 42.4 Å². The predicted molar refractivity (Wildman–Crippen MR) is 80.8 cm³/mol. The van der Waals surface area contributed by atoms with Gasteiger partial charge in [-0.05, 0) is 30.5 Å². The Kier molecular flexibility index (Phi) is 4.26. The van der Waals surface area contributed by atoms with Crippen molar-refractivity contribution in [3.05, 3.63) is 60.3 Å². The maximum absolute atomic E-state index is 12.7. The predicted octanol–water partition coefficient (Wildman–Crippen LogP) is 2.79. The van der Waals surface area contributed by atoms with Crippen LogP contribution in [0.4, 0.5) is 5.82 Å². The number of hydrogen-bond donors (Lipinski definition) is 0. The fourth-order valence-corrected chi connectivity index (χ4v) is 2.50. The molecule has 1 aliphatic rings.